The largest absolute Gasteiger partial charge is 0.376 e. The molecule has 3 nitrogen and oxygen atoms in total. The summed E-state index contributed by atoms with van der Waals surface area (Å²) in [6.07, 6.45) is 2.55. The minimum Gasteiger partial charge on any atom is -0.376 e. The monoisotopic (exact) mass is 360 g/mol. The lowest BCUT2D eigenvalue weighted by molar-refractivity contribution is 0.0907. The number of hydrogen-bond donors (Lipinski definition) is 1. The maximum absolute atomic E-state index is 5.82. The standard InChI is InChI=1S/C19H24N2OS2/c1-14-7-8-15(2)18(11-14)20-19(23)21(12-16-5-3-9-22-16)13-17-6-4-10-24-17/h4,6-8,10-11,16H,3,5,9,12-13H2,1-2H3,(H,20,23)/t16-/m0/s1. The van der Waals surface area contributed by atoms with E-state index >= 15 is 0 Å². The van der Waals surface area contributed by atoms with Crippen LogP contribution in [0.5, 0.6) is 0 Å². The van der Waals surface area contributed by atoms with E-state index in [0.717, 1.165) is 43.3 Å². The fraction of sp³-hybridized carbons (Fsp3) is 0.421. The Labute approximate surface area is 153 Å². The van der Waals surface area contributed by atoms with E-state index in [1.165, 1.54) is 16.0 Å². The molecule has 1 aromatic heterocycles. The Morgan fingerprint density at radius 1 is 1.38 bits per heavy atom. The summed E-state index contributed by atoms with van der Waals surface area (Å²) in [5.41, 5.74) is 3.52. The lowest BCUT2D eigenvalue weighted by atomic mass is 10.1. The van der Waals surface area contributed by atoms with E-state index in [2.05, 4.69) is 59.8 Å². The van der Waals surface area contributed by atoms with Crippen LogP contribution in [0.4, 0.5) is 5.69 Å². The molecule has 0 unspecified atom stereocenters. The fourth-order valence-corrected chi connectivity index (χ4v) is 3.88. The molecule has 2 aromatic rings. The molecule has 0 bridgehead atoms. The van der Waals surface area contributed by atoms with Gasteiger partial charge in [0.05, 0.1) is 12.6 Å². The molecule has 1 aliphatic rings. The molecule has 5 heteroatoms. The average Bonchev–Trinajstić information content (AvgIpc) is 3.24. The summed E-state index contributed by atoms with van der Waals surface area (Å²) in [6.45, 7) is 6.75. The summed E-state index contributed by atoms with van der Waals surface area (Å²) < 4.78 is 5.82. The van der Waals surface area contributed by atoms with Gasteiger partial charge in [0.25, 0.3) is 0 Å². The zero-order chi connectivity index (χ0) is 16.9. The second-order valence-electron chi connectivity index (χ2n) is 6.34. The van der Waals surface area contributed by atoms with Gasteiger partial charge in [0.1, 0.15) is 0 Å². The fourth-order valence-electron chi connectivity index (χ4n) is 2.91. The molecule has 1 aromatic carbocycles. The maximum atomic E-state index is 5.82. The summed E-state index contributed by atoms with van der Waals surface area (Å²) >= 11 is 7.50. The number of aryl methyl sites for hydroxylation is 2. The first-order valence-electron chi connectivity index (χ1n) is 8.39. The molecule has 1 aliphatic heterocycles. The van der Waals surface area contributed by atoms with Gasteiger partial charge in [-0.05, 0) is 67.5 Å². The quantitative estimate of drug-likeness (QED) is 0.778. The van der Waals surface area contributed by atoms with Crippen molar-refractivity contribution in [3.8, 4) is 0 Å². The molecular formula is C19H24N2OS2. The van der Waals surface area contributed by atoms with Crippen molar-refractivity contribution in [3.05, 3.63) is 51.7 Å². The number of thiophene rings is 1. The molecule has 3 rings (SSSR count). The third-order valence-electron chi connectivity index (χ3n) is 4.30. The van der Waals surface area contributed by atoms with Gasteiger partial charge in [0.15, 0.2) is 5.11 Å². The lowest BCUT2D eigenvalue weighted by Crippen LogP contribution is -2.39. The summed E-state index contributed by atoms with van der Waals surface area (Å²) in [4.78, 5) is 3.55. The molecule has 1 fully saturated rings. The number of anilines is 1. The van der Waals surface area contributed by atoms with Crippen molar-refractivity contribution in [3.63, 3.8) is 0 Å². The smallest absolute Gasteiger partial charge is 0.173 e. The normalized spacial score (nSPS) is 17.0. The van der Waals surface area contributed by atoms with Crippen molar-refractivity contribution in [2.24, 2.45) is 0 Å². The predicted octanol–water partition coefficient (Wildman–Crippen LogP) is 4.74. The molecule has 0 spiro atoms. The number of thiocarbonyl (C=S) groups is 1. The Balaban J connectivity index is 1.72. The molecule has 0 saturated carbocycles. The number of nitrogens with one attached hydrogen (secondary N) is 1. The first kappa shape index (κ1) is 17.4. The zero-order valence-electron chi connectivity index (χ0n) is 14.2. The molecule has 24 heavy (non-hydrogen) atoms. The van der Waals surface area contributed by atoms with Gasteiger partial charge < -0.3 is 15.0 Å². The summed E-state index contributed by atoms with van der Waals surface area (Å²) in [5, 5.41) is 6.33. The van der Waals surface area contributed by atoms with Crippen molar-refractivity contribution < 1.29 is 4.74 Å². The van der Waals surface area contributed by atoms with Crippen LogP contribution in [0.15, 0.2) is 35.7 Å². The zero-order valence-corrected chi connectivity index (χ0v) is 15.9. The second-order valence-corrected chi connectivity index (χ2v) is 7.76. The van der Waals surface area contributed by atoms with Crippen LogP contribution in [-0.4, -0.2) is 29.3 Å². The van der Waals surface area contributed by atoms with E-state index in [0.29, 0.717) is 0 Å². The number of ether oxygens (including phenoxy) is 1. The van der Waals surface area contributed by atoms with E-state index in [1.807, 2.05) is 0 Å². The predicted molar refractivity (Wildman–Crippen MR) is 106 cm³/mol. The molecule has 2 heterocycles. The van der Waals surface area contributed by atoms with Gasteiger partial charge in [-0.15, -0.1) is 11.3 Å². The van der Waals surface area contributed by atoms with Crippen molar-refractivity contribution in [2.45, 2.75) is 39.3 Å². The SMILES string of the molecule is Cc1ccc(C)c(NC(=S)N(Cc2cccs2)C[C@@H]2CCCO2)c1. The first-order chi connectivity index (χ1) is 11.6. The van der Waals surface area contributed by atoms with Crippen LogP contribution in [-0.2, 0) is 11.3 Å². The Morgan fingerprint density at radius 2 is 2.25 bits per heavy atom. The van der Waals surface area contributed by atoms with Crippen LogP contribution >= 0.6 is 23.6 Å². The molecule has 1 saturated heterocycles. The molecule has 1 atom stereocenters. The Bertz CT molecular complexity index is 679. The molecule has 0 radical (unpaired) electrons. The van der Waals surface area contributed by atoms with E-state index in [9.17, 15) is 0 Å². The third kappa shape index (κ3) is 4.56. The Kier molecular flexibility index (Phi) is 5.87. The first-order valence-corrected chi connectivity index (χ1v) is 9.68. The second kappa shape index (κ2) is 8.10. The van der Waals surface area contributed by atoms with Gasteiger partial charge in [-0.3, -0.25) is 0 Å². The van der Waals surface area contributed by atoms with Crippen molar-refractivity contribution >= 4 is 34.4 Å². The van der Waals surface area contributed by atoms with Gasteiger partial charge in [0.2, 0.25) is 0 Å². The summed E-state index contributed by atoms with van der Waals surface area (Å²) in [6, 6.07) is 10.7. The number of hydrogen-bond acceptors (Lipinski definition) is 3. The van der Waals surface area contributed by atoms with Crippen molar-refractivity contribution in [2.75, 3.05) is 18.5 Å². The number of benzene rings is 1. The van der Waals surface area contributed by atoms with Crippen LogP contribution in [0.2, 0.25) is 0 Å². The molecule has 1 N–H and O–H groups in total. The summed E-state index contributed by atoms with van der Waals surface area (Å²) in [7, 11) is 0. The lowest BCUT2D eigenvalue weighted by Gasteiger charge is -2.28. The van der Waals surface area contributed by atoms with Gasteiger partial charge in [-0.1, -0.05) is 18.2 Å². The number of rotatable bonds is 5. The van der Waals surface area contributed by atoms with Gasteiger partial charge >= 0.3 is 0 Å². The van der Waals surface area contributed by atoms with E-state index in [-0.39, 0.29) is 6.10 Å². The molecule has 0 amide bonds. The van der Waals surface area contributed by atoms with Gasteiger partial charge in [-0.2, -0.15) is 0 Å². The molecule has 128 valence electrons. The van der Waals surface area contributed by atoms with Crippen molar-refractivity contribution in [1.29, 1.82) is 0 Å². The van der Waals surface area contributed by atoms with E-state index in [1.54, 1.807) is 11.3 Å². The van der Waals surface area contributed by atoms with Crippen LogP contribution in [0.3, 0.4) is 0 Å². The highest BCUT2D eigenvalue weighted by atomic mass is 32.1. The van der Waals surface area contributed by atoms with Crippen LogP contribution in [0.25, 0.3) is 0 Å². The van der Waals surface area contributed by atoms with Crippen LogP contribution in [0, 0.1) is 13.8 Å². The van der Waals surface area contributed by atoms with Crippen LogP contribution in [0.1, 0.15) is 28.8 Å². The van der Waals surface area contributed by atoms with Gasteiger partial charge in [0, 0.05) is 23.7 Å². The minimum atomic E-state index is 0.281. The highest BCUT2D eigenvalue weighted by molar-refractivity contribution is 7.80. The summed E-state index contributed by atoms with van der Waals surface area (Å²) in [5.74, 6) is 0. The molecular weight excluding hydrogens is 336 g/mol. The maximum Gasteiger partial charge on any atom is 0.173 e. The topological polar surface area (TPSA) is 24.5 Å². The Morgan fingerprint density at radius 3 is 2.96 bits per heavy atom. The third-order valence-corrected chi connectivity index (χ3v) is 5.52. The van der Waals surface area contributed by atoms with E-state index < -0.39 is 0 Å². The molecule has 0 aliphatic carbocycles. The minimum absolute atomic E-state index is 0.281. The number of nitrogens with zero attached hydrogens (tertiary/aromatic N) is 1. The average molecular weight is 361 g/mol. The highest BCUT2D eigenvalue weighted by Crippen LogP contribution is 2.20. The highest BCUT2D eigenvalue weighted by Gasteiger charge is 2.21. The van der Waals surface area contributed by atoms with Crippen LogP contribution < -0.4 is 5.32 Å². The van der Waals surface area contributed by atoms with E-state index in [4.69, 9.17) is 17.0 Å². The van der Waals surface area contributed by atoms with Gasteiger partial charge in [-0.25, -0.2) is 0 Å². The van der Waals surface area contributed by atoms with Crippen molar-refractivity contribution in [1.82, 2.24) is 4.90 Å². The Hall–Kier alpha value is -1.43.